The molecule has 3 rings (SSSR count). The minimum atomic E-state index is -3.99. The maximum atomic E-state index is 12.4. The van der Waals surface area contributed by atoms with Crippen LogP contribution in [0, 0.1) is 10.1 Å². The van der Waals surface area contributed by atoms with Crippen molar-refractivity contribution in [3.8, 4) is 0 Å². The number of nitro groups is 1. The van der Waals surface area contributed by atoms with Crippen LogP contribution in [0.4, 0.5) is 21.9 Å². The molecule has 13 heteroatoms. The van der Waals surface area contributed by atoms with Crippen molar-refractivity contribution in [2.75, 3.05) is 43.5 Å². The Kier molecular flexibility index (Phi) is 8.02. The lowest BCUT2D eigenvalue weighted by molar-refractivity contribution is -0.385. The van der Waals surface area contributed by atoms with Gasteiger partial charge in [-0.3, -0.25) is 10.1 Å². The number of non-ortho nitro benzene ring substituents is 1. The number of rotatable bonds is 9. The van der Waals surface area contributed by atoms with E-state index in [1.807, 2.05) is 0 Å². The van der Waals surface area contributed by atoms with Crippen molar-refractivity contribution in [2.45, 2.75) is 17.7 Å². The van der Waals surface area contributed by atoms with Gasteiger partial charge in [0.2, 0.25) is 10.0 Å². The highest BCUT2D eigenvalue weighted by Gasteiger charge is 2.20. The van der Waals surface area contributed by atoms with E-state index < -0.39 is 26.9 Å². The van der Waals surface area contributed by atoms with Gasteiger partial charge in [-0.05, 0) is 37.1 Å². The molecule has 0 aromatic heterocycles. The number of esters is 1. The van der Waals surface area contributed by atoms with Crippen LogP contribution in [0.2, 0.25) is 0 Å². The Morgan fingerprint density at radius 2 is 1.85 bits per heavy atom. The molecule has 0 saturated carbocycles. The van der Waals surface area contributed by atoms with Crippen LogP contribution in [0.15, 0.2) is 47.4 Å². The van der Waals surface area contributed by atoms with E-state index in [-0.39, 0.29) is 29.2 Å². The van der Waals surface area contributed by atoms with E-state index in [0.717, 1.165) is 37.7 Å². The van der Waals surface area contributed by atoms with Crippen molar-refractivity contribution in [1.29, 1.82) is 0 Å². The molecule has 1 heterocycles. The van der Waals surface area contributed by atoms with Gasteiger partial charge in [0.15, 0.2) is 0 Å². The number of ether oxygens (including phenoxy) is 1. The van der Waals surface area contributed by atoms with Crippen molar-refractivity contribution >= 4 is 39.1 Å². The van der Waals surface area contributed by atoms with Crippen LogP contribution >= 0.6 is 0 Å². The molecule has 34 heavy (non-hydrogen) atoms. The monoisotopic (exact) mass is 491 g/mol. The molecule has 2 amide bonds. The zero-order chi connectivity index (χ0) is 24.7. The third-order valence-electron chi connectivity index (χ3n) is 5.15. The third-order valence-corrected chi connectivity index (χ3v) is 6.61. The fourth-order valence-corrected chi connectivity index (χ4v) is 4.56. The quantitative estimate of drug-likeness (QED) is 0.208. The summed E-state index contributed by atoms with van der Waals surface area (Å²) in [5.41, 5.74) is 1.14. The number of anilines is 2. The summed E-state index contributed by atoms with van der Waals surface area (Å²) in [5.74, 6) is -0.535. The summed E-state index contributed by atoms with van der Waals surface area (Å²) < 4.78 is 31.7. The van der Waals surface area contributed by atoms with Gasteiger partial charge in [-0.1, -0.05) is 6.07 Å². The molecule has 2 aromatic rings. The molecule has 1 aliphatic heterocycles. The van der Waals surface area contributed by atoms with Crippen molar-refractivity contribution in [3.63, 3.8) is 0 Å². The van der Waals surface area contributed by atoms with E-state index in [0.29, 0.717) is 5.69 Å². The Morgan fingerprint density at radius 3 is 2.53 bits per heavy atom. The van der Waals surface area contributed by atoms with Crippen molar-refractivity contribution in [1.82, 2.24) is 10.0 Å². The molecular weight excluding hydrogens is 466 g/mol. The standard InChI is InChI=1S/C21H25N5O7S/c1-33-20(27)15-7-8-19(25-11-2-3-12-25)18(13-15)24-21(28)22-9-10-23-34(31,32)17-6-4-5-16(14-17)26(29)30/h4-8,13-14,23H,2-3,9-12H2,1H3,(H2,22,24,28). The van der Waals surface area contributed by atoms with E-state index in [4.69, 9.17) is 4.74 Å². The molecule has 0 atom stereocenters. The highest BCUT2D eigenvalue weighted by Crippen LogP contribution is 2.30. The number of methoxy groups -OCH3 is 1. The fraction of sp³-hybridized carbons (Fsp3) is 0.333. The first-order valence-corrected chi connectivity index (χ1v) is 12.0. The van der Waals surface area contributed by atoms with Crippen molar-refractivity contribution in [3.05, 3.63) is 58.1 Å². The van der Waals surface area contributed by atoms with E-state index in [2.05, 4.69) is 20.3 Å². The fourth-order valence-electron chi connectivity index (χ4n) is 3.49. The molecule has 0 spiro atoms. The number of carbonyl (C=O) groups is 2. The average Bonchev–Trinajstić information content (AvgIpc) is 3.36. The maximum Gasteiger partial charge on any atom is 0.337 e. The summed E-state index contributed by atoms with van der Waals surface area (Å²) >= 11 is 0. The van der Waals surface area contributed by atoms with Crippen LogP contribution < -0.4 is 20.3 Å². The molecule has 0 aliphatic carbocycles. The molecular formula is C21H25N5O7S. The van der Waals surface area contributed by atoms with Crippen LogP contribution in [0.3, 0.4) is 0 Å². The first kappa shape index (κ1) is 24.9. The number of benzene rings is 2. The number of amides is 2. The van der Waals surface area contributed by atoms with Gasteiger partial charge < -0.3 is 20.3 Å². The molecule has 2 aromatic carbocycles. The van der Waals surface area contributed by atoms with E-state index >= 15 is 0 Å². The Balaban J connectivity index is 1.60. The van der Waals surface area contributed by atoms with Gasteiger partial charge in [0.1, 0.15) is 0 Å². The lowest BCUT2D eigenvalue weighted by atomic mass is 10.1. The summed E-state index contributed by atoms with van der Waals surface area (Å²) in [5, 5.41) is 16.1. The van der Waals surface area contributed by atoms with Gasteiger partial charge in [0.25, 0.3) is 5.69 Å². The lowest BCUT2D eigenvalue weighted by Gasteiger charge is -2.22. The van der Waals surface area contributed by atoms with Crippen LogP contribution in [0.25, 0.3) is 0 Å². The molecule has 0 bridgehead atoms. The third kappa shape index (κ3) is 6.20. The molecule has 0 radical (unpaired) electrons. The second-order valence-corrected chi connectivity index (χ2v) is 9.22. The summed E-state index contributed by atoms with van der Waals surface area (Å²) in [4.78, 5) is 36.4. The first-order valence-electron chi connectivity index (χ1n) is 10.5. The molecule has 12 nitrogen and oxygen atoms in total. The van der Waals surface area contributed by atoms with Crippen LogP contribution in [-0.4, -0.2) is 58.6 Å². The highest BCUT2D eigenvalue weighted by molar-refractivity contribution is 7.89. The molecule has 1 fully saturated rings. The summed E-state index contributed by atoms with van der Waals surface area (Å²) in [7, 11) is -2.72. The van der Waals surface area contributed by atoms with Gasteiger partial charge in [0.05, 0.1) is 33.9 Å². The maximum absolute atomic E-state index is 12.4. The number of hydrogen-bond donors (Lipinski definition) is 3. The van der Waals surface area contributed by atoms with E-state index in [1.54, 1.807) is 12.1 Å². The number of urea groups is 1. The molecule has 1 aliphatic rings. The largest absolute Gasteiger partial charge is 0.465 e. The molecule has 3 N–H and O–H groups in total. The summed E-state index contributed by atoms with van der Waals surface area (Å²) in [6.07, 6.45) is 2.05. The number of carbonyl (C=O) groups excluding carboxylic acids is 2. The first-order chi connectivity index (χ1) is 16.2. The SMILES string of the molecule is COC(=O)c1ccc(N2CCCC2)c(NC(=O)NCCNS(=O)(=O)c2cccc([N+](=O)[O-])c2)c1. The smallest absolute Gasteiger partial charge is 0.337 e. The Labute approximate surface area is 196 Å². The van der Waals surface area contributed by atoms with Gasteiger partial charge in [0, 0.05) is 38.3 Å². The van der Waals surface area contributed by atoms with Gasteiger partial charge in [-0.15, -0.1) is 0 Å². The highest BCUT2D eigenvalue weighted by atomic mass is 32.2. The number of sulfonamides is 1. The number of nitro benzene ring substituents is 1. The predicted octanol–water partition coefficient (Wildman–Crippen LogP) is 2.08. The van der Waals surface area contributed by atoms with Crippen LogP contribution in [0.1, 0.15) is 23.2 Å². The average molecular weight is 492 g/mol. The molecule has 1 saturated heterocycles. The van der Waals surface area contributed by atoms with Gasteiger partial charge in [-0.2, -0.15) is 0 Å². The lowest BCUT2D eigenvalue weighted by Crippen LogP contribution is -2.37. The zero-order valence-corrected chi connectivity index (χ0v) is 19.3. The van der Waals surface area contributed by atoms with Crippen LogP contribution in [0.5, 0.6) is 0 Å². The number of nitrogens with zero attached hydrogens (tertiary/aromatic N) is 2. The van der Waals surface area contributed by atoms with Crippen molar-refractivity contribution in [2.24, 2.45) is 0 Å². The van der Waals surface area contributed by atoms with E-state index in [9.17, 15) is 28.1 Å². The second-order valence-electron chi connectivity index (χ2n) is 7.45. The number of hydrogen-bond acceptors (Lipinski definition) is 8. The predicted molar refractivity (Wildman–Crippen MR) is 125 cm³/mol. The minimum Gasteiger partial charge on any atom is -0.465 e. The summed E-state index contributed by atoms with van der Waals surface area (Å²) in [6.45, 7) is 1.47. The molecule has 182 valence electrons. The number of nitrogens with one attached hydrogen (secondary N) is 3. The second kappa shape index (κ2) is 10.9. The van der Waals surface area contributed by atoms with Gasteiger partial charge in [-0.25, -0.2) is 22.7 Å². The van der Waals surface area contributed by atoms with Crippen molar-refractivity contribution < 1.29 is 27.7 Å². The topological polar surface area (TPSA) is 160 Å². The Hall–Kier alpha value is -3.71. The normalized spacial score (nSPS) is 13.4. The molecule has 0 unspecified atom stereocenters. The van der Waals surface area contributed by atoms with Crippen LogP contribution in [-0.2, 0) is 14.8 Å². The van der Waals surface area contributed by atoms with E-state index in [1.165, 1.54) is 31.4 Å². The Bertz CT molecular complexity index is 1180. The summed E-state index contributed by atoms with van der Waals surface area (Å²) in [6, 6.07) is 8.99. The zero-order valence-electron chi connectivity index (χ0n) is 18.4. The van der Waals surface area contributed by atoms with Gasteiger partial charge >= 0.3 is 12.0 Å². The Morgan fingerprint density at radius 1 is 1.12 bits per heavy atom. The minimum absolute atomic E-state index is 0.0459.